The summed E-state index contributed by atoms with van der Waals surface area (Å²) in [4.78, 5) is 35.0. The predicted octanol–water partition coefficient (Wildman–Crippen LogP) is 3.37. The summed E-state index contributed by atoms with van der Waals surface area (Å²) in [7, 11) is 0. The molecule has 0 bridgehead atoms. The van der Waals surface area contributed by atoms with Crippen molar-refractivity contribution < 1.29 is 29.3 Å². The number of benzene rings is 3. The first-order chi connectivity index (χ1) is 16.3. The Kier molecular flexibility index (Phi) is 8.84. The fourth-order valence-corrected chi connectivity index (χ4v) is 3.62. The molecule has 1 fully saturated rings. The smallest absolute Gasteiger partial charge is 0.414 e. The Morgan fingerprint density at radius 2 is 1.44 bits per heavy atom. The second-order valence-corrected chi connectivity index (χ2v) is 8.13. The highest BCUT2D eigenvalue weighted by Gasteiger charge is 2.21. The average Bonchev–Trinajstić information content (AvgIpc) is 2.84. The zero-order chi connectivity index (χ0) is 24.5. The van der Waals surface area contributed by atoms with E-state index in [0.717, 1.165) is 54.3 Å². The highest BCUT2D eigenvalue weighted by Crippen LogP contribution is 2.20. The highest BCUT2D eigenvalue weighted by atomic mass is 35.5. The lowest BCUT2D eigenvalue weighted by Crippen LogP contribution is -2.49. The molecular formula is C25H25ClN2O6. The van der Waals surface area contributed by atoms with Crippen LogP contribution >= 0.6 is 11.6 Å². The number of hydrogen-bond acceptors (Lipinski definition) is 5. The van der Waals surface area contributed by atoms with Crippen LogP contribution in [0, 0.1) is 0 Å². The summed E-state index contributed by atoms with van der Waals surface area (Å²) in [6.07, 6.45) is 0. The third-order valence-corrected chi connectivity index (χ3v) is 5.56. The quantitative estimate of drug-likeness (QED) is 0.534. The predicted molar refractivity (Wildman–Crippen MR) is 128 cm³/mol. The summed E-state index contributed by atoms with van der Waals surface area (Å²) in [5.41, 5.74) is 1.24. The van der Waals surface area contributed by atoms with E-state index >= 15 is 0 Å². The monoisotopic (exact) mass is 484 g/mol. The Bertz CT molecular complexity index is 1130. The molecule has 4 rings (SSSR count). The molecule has 1 saturated heterocycles. The van der Waals surface area contributed by atoms with Gasteiger partial charge in [-0.3, -0.25) is 9.69 Å². The maximum absolute atomic E-state index is 12.5. The van der Waals surface area contributed by atoms with Crippen LogP contribution in [0.3, 0.4) is 0 Å². The molecule has 0 unspecified atom stereocenters. The van der Waals surface area contributed by atoms with Crippen LogP contribution in [-0.2, 0) is 20.9 Å². The van der Waals surface area contributed by atoms with E-state index < -0.39 is 11.9 Å². The fraction of sp³-hybridized carbons (Fsp3) is 0.240. The molecule has 9 heteroatoms. The first kappa shape index (κ1) is 25.0. The van der Waals surface area contributed by atoms with Gasteiger partial charge in [0.05, 0.1) is 0 Å². The van der Waals surface area contributed by atoms with Crippen LogP contribution < -0.4 is 4.74 Å². The van der Waals surface area contributed by atoms with Crippen molar-refractivity contribution in [3.05, 3.63) is 77.3 Å². The van der Waals surface area contributed by atoms with Crippen LogP contribution in [0.25, 0.3) is 10.8 Å². The van der Waals surface area contributed by atoms with Gasteiger partial charge in [-0.05, 0) is 40.6 Å². The lowest BCUT2D eigenvalue weighted by molar-refractivity contribution is -0.159. The van der Waals surface area contributed by atoms with Crippen molar-refractivity contribution >= 4 is 40.2 Å². The number of halogens is 1. The van der Waals surface area contributed by atoms with Crippen molar-refractivity contribution in [1.82, 2.24) is 9.80 Å². The molecule has 34 heavy (non-hydrogen) atoms. The van der Waals surface area contributed by atoms with E-state index in [1.54, 1.807) is 0 Å². The van der Waals surface area contributed by atoms with Gasteiger partial charge in [0.25, 0.3) is 5.91 Å². The van der Waals surface area contributed by atoms with Crippen LogP contribution in [-0.4, -0.2) is 70.6 Å². The second kappa shape index (κ2) is 12.0. The van der Waals surface area contributed by atoms with Gasteiger partial charge in [0.1, 0.15) is 5.75 Å². The van der Waals surface area contributed by atoms with E-state index in [4.69, 9.17) is 36.1 Å². The summed E-state index contributed by atoms with van der Waals surface area (Å²) in [6, 6.07) is 22.0. The van der Waals surface area contributed by atoms with Crippen LogP contribution in [0.4, 0.5) is 0 Å². The van der Waals surface area contributed by atoms with Crippen LogP contribution in [0.2, 0.25) is 5.02 Å². The van der Waals surface area contributed by atoms with Crippen molar-refractivity contribution in [2.24, 2.45) is 0 Å². The first-order valence-electron chi connectivity index (χ1n) is 10.6. The molecule has 1 heterocycles. The van der Waals surface area contributed by atoms with Gasteiger partial charge in [-0.25, -0.2) is 9.59 Å². The number of rotatable bonds is 5. The van der Waals surface area contributed by atoms with Crippen molar-refractivity contribution in [3.63, 3.8) is 0 Å². The summed E-state index contributed by atoms with van der Waals surface area (Å²) in [6.45, 7) is 4.15. The molecule has 8 nitrogen and oxygen atoms in total. The van der Waals surface area contributed by atoms with E-state index in [9.17, 15) is 4.79 Å². The summed E-state index contributed by atoms with van der Waals surface area (Å²) in [5, 5.41) is 17.8. The SMILES string of the molecule is O=C(COc1ccc2ccccc2c1)N1CCN(Cc2ccc(Cl)cc2)CC1.O=C(O)C(=O)O. The van der Waals surface area contributed by atoms with Crippen LogP contribution in [0.15, 0.2) is 66.7 Å². The second-order valence-electron chi connectivity index (χ2n) is 7.69. The number of carboxylic acids is 2. The number of aliphatic carboxylic acids is 2. The zero-order valence-electron chi connectivity index (χ0n) is 18.4. The van der Waals surface area contributed by atoms with Crippen molar-refractivity contribution in [1.29, 1.82) is 0 Å². The van der Waals surface area contributed by atoms with Crippen molar-refractivity contribution in [3.8, 4) is 5.75 Å². The number of carbonyl (C=O) groups excluding carboxylic acids is 1. The summed E-state index contributed by atoms with van der Waals surface area (Å²) in [5.74, 6) is -2.88. The maximum atomic E-state index is 12.5. The maximum Gasteiger partial charge on any atom is 0.414 e. The zero-order valence-corrected chi connectivity index (χ0v) is 19.1. The van der Waals surface area contributed by atoms with E-state index in [-0.39, 0.29) is 12.5 Å². The Labute approximate surface area is 201 Å². The Morgan fingerprint density at radius 3 is 2.06 bits per heavy atom. The number of amides is 1. The van der Waals surface area contributed by atoms with Gasteiger partial charge in [-0.15, -0.1) is 0 Å². The number of nitrogens with zero attached hydrogens (tertiary/aromatic N) is 2. The fourth-order valence-electron chi connectivity index (χ4n) is 3.50. The third-order valence-electron chi connectivity index (χ3n) is 5.31. The number of carboxylic acid groups (broad SMARTS) is 2. The van der Waals surface area contributed by atoms with Crippen molar-refractivity contribution in [2.75, 3.05) is 32.8 Å². The Balaban J connectivity index is 0.000000481. The molecule has 0 radical (unpaired) electrons. The Hall–Kier alpha value is -3.62. The molecule has 0 aliphatic carbocycles. The number of fused-ring (bicyclic) bond motifs is 1. The lowest BCUT2D eigenvalue weighted by atomic mass is 10.1. The molecule has 1 aliphatic heterocycles. The molecule has 0 atom stereocenters. The summed E-state index contributed by atoms with van der Waals surface area (Å²) < 4.78 is 5.75. The molecule has 0 aromatic heterocycles. The number of piperazine rings is 1. The minimum atomic E-state index is -1.82. The van der Waals surface area contributed by atoms with Crippen LogP contribution in [0.1, 0.15) is 5.56 Å². The van der Waals surface area contributed by atoms with E-state index in [1.165, 1.54) is 5.56 Å². The first-order valence-corrected chi connectivity index (χ1v) is 11.0. The normalized spacial score (nSPS) is 13.6. The van der Waals surface area contributed by atoms with Gasteiger partial charge in [0, 0.05) is 37.7 Å². The minimum Gasteiger partial charge on any atom is -0.484 e. The largest absolute Gasteiger partial charge is 0.484 e. The lowest BCUT2D eigenvalue weighted by Gasteiger charge is -2.34. The van der Waals surface area contributed by atoms with Gasteiger partial charge < -0.3 is 19.8 Å². The molecule has 1 amide bonds. The minimum absolute atomic E-state index is 0.0410. The van der Waals surface area contributed by atoms with E-state index in [2.05, 4.69) is 23.1 Å². The molecule has 2 N–H and O–H groups in total. The topological polar surface area (TPSA) is 107 Å². The number of hydrogen-bond donors (Lipinski definition) is 2. The van der Waals surface area contributed by atoms with Gasteiger partial charge in [-0.2, -0.15) is 0 Å². The Morgan fingerprint density at radius 1 is 0.824 bits per heavy atom. The molecule has 0 spiro atoms. The van der Waals surface area contributed by atoms with Gasteiger partial charge in [-0.1, -0.05) is 54.1 Å². The van der Waals surface area contributed by atoms with Gasteiger partial charge in [0.2, 0.25) is 0 Å². The molecular weight excluding hydrogens is 460 g/mol. The number of carbonyl (C=O) groups is 3. The highest BCUT2D eigenvalue weighted by molar-refractivity contribution is 6.30. The van der Waals surface area contributed by atoms with Crippen molar-refractivity contribution in [2.45, 2.75) is 6.54 Å². The molecule has 3 aromatic carbocycles. The third kappa shape index (κ3) is 7.47. The van der Waals surface area contributed by atoms with E-state index in [1.807, 2.05) is 53.4 Å². The molecule has 1 aliphatic rings. The van der Waals surface area contributed by atoms with Gasteiger partial charge in [0.15, 0.2) is 6.61 Å². The molecule has 0 saturated carbocycles. The average molecular weight is 485 g/mol. The molecule has 178 valence electrons. The standard InChI is InChI=1S/C23H23ClN2O2.C2H2O4/c24-21-8-5-18(6-9-21)16-25-11-13-26(14-12-25)23(27)17-28-22-10-7-19-3-1-2-4-20(19)15-22;3-1(4)2(5)6/h1-10,15H,11-14,16-17H2;(H,3,4)(H,5,6). The van der Waals surface area contributed by atoms with Crippen LogP contribution in [0.5, 0.6) is 5.75 Å². The number of ether oxygens (including phenoxy) is 1. The molecule has 3 aromatic rings. The van der Waals surface area contributed by atoms with Gasteiger partial charge >= 0.3 is 11.9 Å². The summed E-state index contributed by atoms with van der Waals surface area (Å²) >= 11 is 5.94. The van der Waals surface area contributed by atoms with E-state index in [0.29, 0.717) is 0 Å².